The molecule has 0 aromatic heterocycles. The first kappa shape index (κ1) is 22.3. The Labute approximate surface area is 180 Å². The number of hydrogen-bond acceptors (Lipinski definition) is 5. The number of carbonyl (C=O) groups excluding carboxylic acids is 2. The van der Waals surface area contributed by atoms with E-state index < -0.39 is 32.3 Å². The number of hydrogen-bond donors (Lipinski definition) is 0. The smallest absolute Gasteiger partial charge is 0.315 e. The van der Waals surface area contributed by atoms with E-state index in [1.54, 1.807) is 26.0 Å². The number of alkyl halides is 2. The van der Waals surface area contributed by atoms with Crippen LogP contribution in [0.5, 0.6) is 0 Å². The molecule has 10 heteroatoms. The van der Waals surface area contributed by atoms with Gasteiger partial charge in [-0.1, -0.05) is 17.7 Å². The first-order valence-electron chi connectivity index (χ1n) is 9.29. The van der Waals surface area contributed by atoms with Gasteiger partial charge in [-0.15, -0.1) is 23.2 Å². The van der Waals surface area contributed by atoms with E-state index >= 15 is 0 Å². The number of piperazine rings is 1. The highest BCUT2D eigenvalue weighted by Gasteiger charge is 2.69. The Balaban J connectivity index is 1.55. The molecule has 1 atom stereocenters. The summed E-state index contributed by atoms with van der Waals surface area (Å²) >= 11 is 11.9. The minimum Gasteiger partial charge on any atom is -0.455 e. The number of rotatable bonds is 5. The Morgan fingerprint density at radius 3 is 2.24 bits per heavy atom. The van der Waals surface area contributed by atoms with Crippen molar-refractivity contribution >= 4 is 45.1 Å². The summed E-state index contributed by atoms with van der Waals surface area (Å²) in [6, 6.07) is 5.21. The fourth-order valence-corrected chi connectivity index (χ4v) is 5.72. The minimum atomic E-state index is -3.63. The van der Waals surface area contributed by atoms with Crippen LogP contribution < -0.4 is 0 Å². The molecule has 160 valence electrons. The second-order valence-electron chi connectivity index (χ2n) is 7.84. The number of aryl methyl sites for hydroxylation is 2. The lowest BCUT2D eigenvalue weighted by molar-refractivity contribution is -0.156. The average molecular weight is 463 g/mol. The van der Waals surface area contributed by atoms with Gasteiger partial charge in [-0.25, -0.2) is 8.42 Å². The molecule has 1 aromatic carbocycles. The van der Waals surface area contributed by atoms with Gasteiger partial charge < -0.3 is 9.64 Å². The number of benzene rings is 1. The van der Waals surface area contributed by atoms with E-state index in [0.717, 1.165) is 5.56 Å². The Morgan fingerprint density at radius 2 is 1.72 bits per heavy atom. The first-order chi connectivity index (χ1) is 13.4. The standard InChI is InChI=1S/C19H24Cl2N2O5S/c1-13-4-5-15(14(2)10-13)29(26,27)23-8-6-22(7-9-23)16(24)11-28-17(25)18(3)12-19(18,20)21/h4-5,10H,6-9,11-12H2,1-3H3/t18-/m0/s1. The fourth-order valence-electron chi connectivity index (χ4n) is 3.40. The molecule has 0 spiro atoms. The van der Waals surface area contributed by atoms with Crippen molar-refractivity contribution in [3.8, 4) is 0 Å². The van der Waals surface area contributed by atoms with Gasteiger partial charge in [-0.05, 0) is 32.4 Å². The summed E-state index contributed by atoms with van der Waals surface area (Å²) in [6.07, 6.45) is 0.283. The zero-order valence-electron chi connectivity index (χ0n) is 16.6. The van der Waals surface area contributed by atoms with Gasteiger partial charge in [0.2, 0.25) is 10.0 Å². The molecule has 0 radical (unpaired) electrons. The molecule has 1 aliphatic heterocycles. The number of esters is 1. The molecule has 0 N–H and O–H groups in total. The van der Waals surface area contributed by atoms with Crippen molar-refractivity contribution < 1.29 is 22.7 Å². The van der Waals surface area contributed by atoms with Gasteiger partial charge in [0.05, 0.1) is 4.90 Å². The summed E-state index contributed by atoms with van der Waals surface area (Å²) in [5.74, 6) is -0.979. The van der Waals surface area contributed by atoms with Crippen LogP contribution in [-0.4, -0.2) is 66.6 Å². The van der Waals surface area contributed by atoms with Crippen molar-refractivity contribution in [3.63, 3.8) is 0 Å². The van der Waals surface area contributed by atoms with Crippen LogP contribution in [0.25, 0.3) is 0 Å². The molecule has 0 bridgehead atoms. The van der Waals surface area contributed by atoms with Crippen LogP contribution in [0.15, 0.2) is 23.1 Å². The molecule has 1 aromatic rings. The molecule has 1 amide bonds. The van der Waals surface area contributed by atoms with Crippen molar-refractivity contribution in [1.82, 2.24) is 9.21 Å². The normalized spacial score (nSPS) is 24.2. The van der Waals surface area contributed by atoms with E-state index in [-0.39, 0.29) is 43.4 Å². The lowest BCUT2D eigenvalue weighted by Crippen LogP contribution is -2.51. The molecule has 3 rings (SSSR count). The molecule has 1 aliphatic carbocycles. The number of sulfonamides is 1. The fraction of sp³-hybridized carbons (Fsp3) is 0.579. The number of halogens is 2. The Morgan fingerprint density at radius 1 is 1.14 bits per heavy atom. The number of nitrogens with zero attached hydrogens (tertiary/aromatic N) is 2. The second-order valence-corrected chi connectivity index (χ2v) is 11.2. The Hall–Kier alpha value is -1.35. The molecular weight excluding hydrogens is 439 g/mol. The van der Waals surface area contributed by atoms with Crippen LogP contribution in [0.1, 0.15) is 24.5 Å². The van der Waals surface area contributed by atoms with Crippen LogP contribution in [0.4, 0.5) is 0 Å². The molecule has 1 saturated carbocycles. The van der Waals surface area contributed by atoms with Gasteiger partial charge in [0.25, 0.3) is 5.91 Å². The predicted molar refractivity (Wildman–Crippen MR) is 109 cm³/mol. The van der Waals surface area contributed by atoms with E-state index in [4.69, 9.17) is 27.9 Å². The highest BCUT2D eigenvalue weighted by molar-refractivity contribution is 7.89. The maximum atomic E-state index is 12.9. The van der Waals surface area contributed by atoms with Gasteiger partial charge in [0.15, 0.2) is 6.61 Å². The summed E-state index contributed by atoms with van der Waals surface area (Å²) in [7, 11) is -3.63. The van der Waals surface area contributed by atoms with E-state index in [1.165, 1.54) is 9.21 Å². The maximum absolute atomic E-state index is 12.9. The van der Waals surface area contributed by atoms with Crippen LogP contribution in [-0.2, 0) is 24.3 Å². The molecule has 2 aliphatic rings. The van der Waals surface area contributed by atoms with Crippen LogP contribution >= 0.6 is 23.2 Å². The quantitative estimate of drug-likeness (QED) is 0.494. The van der Waals surface area contributed by atoms with Gasteiger partial charge in [-0.2, -0.15) is 4.31 Å². The van der Waals surface area contributed by atoms with Gasteiger partial charge in [0, 0.05) is 32.6 Å². The summed E-state index contributed by atoms with van der Waals surface area (Å²) in [4.78, 5) is 26.2. The second kappa shape index (κ2) is 7.72. The molecule has 7 nitrogen and oxygen atoms in total. The third-order valence-corrected chi connectivity index (χ3v) is 8.74. The largest absolute Gasteiger partial charge is 0.455 e. The van der Waals surface area contributed by atoms with Crippen molar-refractivity contribution in [3.05, 3.63) is 29.3 Å². The van der Waals surface area contributed by atoms with Crippen LogP contribution in [0.3, 0.4) is 0 Å². The highest BCUT2D eigenvalue weighted by Crippen LogP contribution is 2.64. The predicted octanol–water partition coefficient (Wildman–Crippen LogP) is 2.26. The highest BCUT2D eigenvalue weighted by atomic mass is 35.5. The minimum absolute atomic E-state index is 0.180. The molecular formula is C19H24Cl2N2O5S. The van der Waals surface area contributed by atoms with Crippen molar-refractivity contribution in [2.45, 2.75) is 36.4 Å². The molecule has 1 heterocycles. The Kier molecular flexibility index (Phi) is 5.95. The van der Waals surface area contributed by atoms with E-state index in [2.05, 4.69) is 0 Å². The number of carbonyl (C=O) groups is 2. The van der Waals surface area contributed by atoms with Gasteiger partial charge in [-0.3, -0.25) is 9.59 Å². The third kappa shape index (κ3) is 4.26. The summed E-state index contributed by atoms with van der Waals surface area (Å²) in [5.41, 5.74) is 0.695. The topological polar surface area (TPSA) is 84.0 Å². The SMILES string of the molecule is Cc1ccc(S(=O)(=O)N2CCN(C(=O)COC(=O)[C@]3(C)CC3(Cl)Cl)CC2)c(C)c1. The van der Waals surface area contributed by atoms with E-state index in [9.17, 15) is 18.0 Å². The molecule has 29 heavy (non-hydrogen) atoms. The summed E-state index contributed by atoms with van der Waals surface area (Å²) in [6.45, 7) is 5.67. The molecule has 2 fully saturated rings. The van der Waals surface area contributed by atoms with Crippen molar-refractivity contribution in [1.29, 1.82) is 0 Å². The Bertz CT molecular complexity index is 942. The lowest BCUT2D eigenvalue weighted by Gasteiger charge is -2.34. The zero-order valence-corrected chi connectivity index (χ0v) is 18.9. The zero-order chi connectivity index (χ0) is 21.6. The third-order valence-electron chi connectivity index (χ3n) is 5.57. The van der Waals surface area contributed by atoms with Gasteiger partial charge >= 0.3 is 5.97 Å². The monoisotopic (exact) mass is 462 g/mol. The van der Waals surface area contributed by atoms with Crippen molar-refractivity contribution in [2.75, 3.05) is 32.8 Å². The number of amides is 1. The molecule has 0 unspecified atom stereocenters. The summed E-state index contributed by atoms with van der Waals surface area (Å²) < 4.78 is 31.1. The summed E-state index contributed by atoms with van der Waals surface area (Å²) in [5, 5.41) is 0. The van der Waals surface area contributed by atoms with Gasteiger partial charge in [0.1, 0.15) is 9.75 Å². The van der Waals surface area contributed by atoms with Crippen LogP contribution in [0, 0.1) is 19.3 Å². The maximum Gasteiger partial charge on any atom is 0.315 e. The van der Waals surface area contributed by atoms with E-state index in [0.29, 0.717) is 5.56 Å². The number of ether oxygens (including phenoxy) is 1. The van der Waals surface area contributed by atoms with Crippen molar-refractivity contribution in [2.24, 2.45) is 5.41 Å². The van der Waals surface area contributed by atoms with E-state index in [1.807, 2.05) is 13.0 Å². The molecule has 1 saturated heterocycles. The average Bonchev–Trinajstić information content (AvgIpc) is 3.18. The lowest BCUT2D eigenvalue weighted by atomic mass is 10.1. The van der Waals surface area contributed by atoms with Crippen LogP contribution in [0.2, 0.25) is 0 Å². The first-order valence-corrected chi connectivity index (χ1v) is 11.5.